The highest BCUT2D eigenvalue weighted by Gasteiger charge is 2.53. The van der Waals surface area contributed by atoms with Crippen LogP contribution in [0.15, 0.2) is 48.5 Å². The zero-order valence-corrected chi connectivity index (χ0v) is 16.2. The monoisotopic (exact) mass is 399 g/mol. The number of likely N-dealkylation sites (tertiary alicyclic amines) is 1. The molecule has 1 aliphatic heterocycles. The molecule has 2 amide bonds. The molecule has 1 fully saturated rings. The van der Waals surface area contributed by atoms with Crippen molar-refractivity contribution in [3.63, 3.8) is 0 Å². The summed E-state index contributed by atoms with van der Waals surface area (Å²) in [6.45, 7) is 4.50. The zero-order valence-electron chi connectivity index (χ0n) is 14.6. The Morgan fingerprint density at radius 2 is 1.40 bits per heavy atom. The largest absolute Gasteiger partial charge is 0.281 e. The van der Waals surface area contributed by atoms with Gasteiger partial charge in [-0.25, -0.2) is 0 Å². The fourth-order valence-electron chi connectivity index (χ4n) is 3.48. The SMILES string of the molecule is Cc1ccc(C2(c3ccc(C)cc3)CC(=O)N(CCCBr)C2=O)cc1. The van der Waals surface area contributed by atoms with Gasteiger partial charge in [-0.05, 0) is 31.4 Å². The molecule has 0 spiro atoms. The summed E-state index contributed by atoms with van der Waals surface area (Å²) in [6, 6.07) is 15.9. The van der Waals surface area contributed by atoms with Crippen LogP contribution >= 0.6 is 15.9 Å². The second-order valence-corrected chi connectivity index (χ2v) is 7.50. The van der Waals surface area contributed by atoms with Gasteiger partial charge in [-0.2, -0.15) is 0 Å². The van der Waals surface area contributed by atoms with E-state index in [0.717, 1.165) is 34.0 Å². The van der Waals surface area contributed by atoms with Gasteiger partial charge in [-0.15, -0.1) is 0 Å². The maximum Gasteiger partial charge on any atom is 0.244 e. The van der Waals surface area contributed by atoms with E-state index in [0.29, 0.717) is 6.54 Å². The number of carbonyl (C=O) groups is 2. The smallest absolute Gasteiger partial charge is 0.244 e. The Bertz CT molecular complexity index is 735. The van der Waals surface area contributed by atoms with Crippen LogP contribution in [0.5, 0.6) is 0 Å². The van der Waals surface area contributed by atoms with Crippen LogP contribution in [0.4, 0.5) is 0 Å². The van der Waals surface area contributed by atoms with Gasteiger partial charge < -0.3 is 0 Å². The number of nitrogens with zero attached hydrogens (tertiary/aromatic N) is 1. The van der Waals surface area contributed by atoms with E-state index in [1.165, 1.54) is 4.90 Å². The maximum absolute atomic E-state index is 13.4. The number of alkyl halides is 1. The average molecular weight is 400 g/mol. The van der Waals surface area contributed by atoms with Gasteiger partial charge in [0.1, 0.15) is 5.41 Å². The van der Waals surface area contributed by atoms with Gasteiger partial charge in [0.05, 0.1) is 0 Å². The van der Waals surface area contributed by atoms with Gasteiger partial charge in [0.25, 0.3) is 0 Å². The molecule has 130 valence electrons. The van der Waals surface area contributed by atoms with Gasteiger partial charge in [0.2, 0.25) is 11.8 Å². The van der Waals surface area contributed by atoms with E-state index in [4.69, 9.17) is 0 Å². The van der Waals surface area contributed by atoms with Crippen LogP contribution in [0.2, 0.25) is 0 Å². The Hall–Kier alpha value is -1.94. The lowest BCUT2D eigenvalue weighted by molar-refractivity contribution is -0.139. The predicted molar refractivity (Wildman–Crippen MR) is 103 cm³/mol. The Balaban J connectivity index is 2.13. The van der Waals surface area contributed by atoms with Crippen LogP contribution in [0.25, 0.3) is 0 Å². The van der Waals surface area contributed by atoms with Gasteiger partial charge in [-0.1, -0.05) is 75.6 Å². The van der Waals surface area contributed by atoms with E-state index in [9.17, 15) is 9.59 Å². The molecule has 0 aliphatic carbocycles. The second kappa shape index (κ2) is 7.12. The summed E-state index contributed by atoms with van der Waals surface area (Å²) < 4.78 is 0. The van der Waals surface area contributed by atoms with E-state index in [1.54, 1.807) is 0 Å². The fraction of sp³-hybridized carbons (Fsp3) is 0.333. The van der Waals surface area contributed by atoms with Crippen molar-refractivity contribution in [1.29, 1.82) is 0 Å². The van der Waals surface area contributed by atoms with Crippen molar-refractivity contribution >= 4 is 27.7 Å². The number of hydrogen-bond acceptors (Lipinski definition) is 2. The van der Waals surface area contributed by atoms with Crippen molar-refractivity contribution in [2.75, 3.05) is 11.9 Å². The molecule has 1 saturated heterocycles. The molecule has 0 bridgehead atoms. The number of amides is 2. The molecule has 3 nitrogen and oxygen atoms in total. The van der Waals surface area contributed by atoms with Gasteiger partial charge in [0.15, 0.2) is 0 Å². The molecule has 3 rings (SSSR count). The Morgan fingerprint density at radius 1 is 0.920 bits per heavy atom. The minimum Gasteiger partial charge on any atom is -0.281 e. The molecule has 2 aromatic carbocycles. The number of carbonyl (C=O) groups excluding carboxylic acids is 2. The molecular formula is C21H22BrNO2. The predicted octanol–water partition coefficient (Wildman–Crippen LogP) is 4.13. The van der Waals surface area contributed by atoms with E-state index in [2.05, 4.69) is 15.9 Å². The first-order valence-electron chi connectivity index (χ1n) is 8.54. The van der Waals surface area contributed by atoms with Gasteiger partial charge >= 0.3 is 0 Å². The maximum atomic E-state index is 13.4. The minimum atomic E-state index is -0.912. The first kappa shape index (κ1) is 17.9. The summed E-state index contributed by atoms with van der Waals surface area (Å²) >= 11 is 3.38. The summed E-state index contributed by atoms with van der Waals surface area (Å²) in [5.74, 6) is -0.196. The minimum absolute atomic E-state index is 0.0906. The quantitative estimate of drug-likeness (QED) is 0.559. The molecule has 25 heavy (non-hydrogen) atoms. The van der Waals surface area contributed by atoms with Crippen LogP contribution < -0.4 is 0 Å². The van der Waals surface area contributed by atoms with Crippen molar-refractivity contribution in [2.24, 2.45) is 0 Å². The topological polar surface area (TPSA) is 37.4 Å². The number of benzene rings is 2. The molecule has 0 aromatic heterocycles. The number of aryl methyl sites for hydroxylation is 2. The van der Waals surface area contributed by atoms with Crippen LogP contribution in [0.1, 0.15) is 35.1 Å². The van der Waals surface area contributed by atoms with E-state index >= 15 is 0 Å². The normalized spacial score (nSPS) is 16.5. The van der Waals surface area contributed by atoms with Crippen LogP contribution in [0.3, 0.4) is 0 Å². The highest BCUT2D eigenvalue weighted by atomic mass is 79.9. The Labute approximate surface area is 157 Å². The van der Waals surface area contributed by atoms with Gasteiger partial charge in [-0.3, -0.25) is 14.5 Å². The third kappa shape index (κ3) is 3.15. The Kier molecular flexibility index (Phi) is 5.09. The van der Waals surface area contributed by atoms with Gasteiger partial charge in [0, 0.05) is 18.3 Å². The summed E-state index contributed by atoms with van der Waals surface area (Å²) in [4.78, 5) is 27.5. The standard InChI is InChI=1S/C21H22BrNO2/c1-15-4-8-17(9-5-15)21(18-10-6-16(2)7-11-18)14-19(24)23(20(21)25)13-3-12-22/h4-11H,3,12-14H2,1-2H3. The van der Waals surface area contributed by atoms with Crippen LogP contribution in [0, 0.1) is 13.8 Å². The number of imide groups is 1. The lowest BCUT2D eigenvalue weighted by Gasteiger charge is -2.28. The summed E-state index contributed by atoms with van der Waals surface area (Å²) in [5, 5.41) is 0.770. The van der Waals surface area contributed by atoms with E-state index < -0.39 is 5.41 Å². The molecule has 0 atom stereocenters. The lowest BCUT2D eigenvalue weighted by atomic mass is 9.73. The fourth-order valence-corrected chi connectivity index (χ4v) is 3.73. The molecule has 0 radical (unpaired) electrons. The zero-order chi connectivity index (χ0) is 18.0. The molecule has 0 N–H and O–H groups in total. The van der Waals surface area contributed by atoms with Crippen molar-refractivity contribution in [3.05, 3.63) is 70.8 Å². The molecule has 1 aliphatic rings. The third-order valence-corrected chi connectivity index (χ3v) is 5.49. The van der Waals surface area contributed by atoms with Crippen LogP contribution in [-0.2, 0) is 15.0 Å². The molecule has 1 heterocycles. The summed E-state index contributed by atoms with van der Waals surface area (Å²) in [5.41, 5.74) is 3.14. The van der Waals surface area contributed by atoms with Crippen molar-refractivity contribution in [2.45, 2.75) is 32.1 Å². The van der Waals surface area contributed by atoms with Crippen LogP contribution in [-0.4, -0.2) is 28.6 Å². The first-order chi connectivity index (χ1) is 12.0. The number of hydrogen-bond donors (Lipinski definition) is 0. The van der Waals surface area contributed by atoms with Crippen molar-refractivity contribution < 1.29 is 9.59 Å². The van der Waals surface area contributed by atoms with Crippen molar-refractivity contribution in [1.82, 2.24) is 4.90 Å². The van der Waals surface area contributed by atoms with E-state index in [-0.39, 0.29) is 18.2 Å². The Morgan fingerprint density at radius 3 is 1.84 bits per heavy atom. The first-order valence-corrected chi connectivity index (χ1v) is 9.66. The molecule has 0 saturated carbocycles. The third-order valence-electron chi connectivity index (χ3n) is 4.93. The van der Waals surface area contributed by atoms with E-state index in [1.807, 2.05) is 62.4 Å². The lowest BCUT2D eigenvalue weighted by Crippen LogP contribution is -2.40. The molecule has 2 aromatic rings. The average Bonchev–Trinajstić information content (AvgIpc) is 2.86. The summed E-state index contributed by atoms with van der Waals surface area (Å²) in [7, 11) is 0. The second-order valence-electron chi connectivity index (χ2n) is 6.71. The highest BCUT2D eigenvalue weighted by Crippen LogP contribution is 2.42. The van der Waals surface area contributed by atoms with Crippen molar-refractivity contribution in [3.8, 4) is 0 Å². The number of rotatable bonds is 5. The summed E-state index contributed by atoms with van der Waals surface area (Å²) in [6.07, 6.45) is 0.954. The highest BCUT2D eigenvalue weighted by molar-refractivity contribution is 9.09. The molecule has 4 heteroatoms. The number of halogens is 1. The molecular weight excluding hydrogens is 378 g/mol. The molecule has 0 unspecified atom stereocenters.